The Hall–Kier alpha value is -1.64. The van der Waals surface area contributed by atoms with Crippen LogP contribution < -0.4 is 4.74 Å². The fraction of sp³-hybridized carbons (Fsp3) is 0.455. The van der Waals surface area contributed by atoms with E-state index in [-0.39, 0.29) is 6.42 Å². The van der Waals surface area contributed by atoms with Gasteiger partial charge in [0.1, 0.15) is 6.10 Å². The minimum absolute atomic E-state index is 0.117. The van der Waals surface area contributed by atoms with E-state index in [2.05, 4.69) is 4.98 Å². The van der Waals surface area contributed by atoms with Crippen LogP contribution in [0.15, 0.2) is 18.3 Å². The molecule has 0 bridgehead atoms. The minimum atomic E-state index is -1.09. The van der Waals surface area contributed by atoms with Gasteiger partial charge in [0, 0.05) is 17.8 Å². The molecule has 0 saturated carbocycles. The third kappa shape index (κ3) is 3.19. The van der Waals surface area contributed by atoms with Gasteiger partial charge in [-0.15, -0.1) is 0 Å². The van der Waals surface area contributed by atoms with Gasteiger partial charge >= 0.3 is 0 Å². The zero-order valence-electron chi connectivity index (χ0n) is 9.00. The predicted octanol–water partition coefficient (Wildman–Crippen LogP) is 0.788. The highest BCUT2D eigenvalue weighted by Crippen LogP contribution is 2.19. The standard InChI is InChI=1S/C11H14N2O3/c1-2-16-10-4-3-8(7-13-10)11(15)9(14)5-6-12/h3-4,7,9,11,14-15H,2,5H2,1H3. The second-order valence-electron chi connectivity index (χ2n) is 3.24. The van der Waals surface area contributed by atoms with Crippen molar-refractivity contribution in [2.45, 2.75) is 25.6 Å². The smallest absolute Gasteiger partial charge is 0.213 e. The number of aromatic nitrogens is 1. The predicted molar refractivity (Wildman–Crippen MR) is 56.6 cm³/mol. The van der Waals surface area contributed by atoms with Crippen molar-refractivity contribution in [3.05, 3.63) is 23.9 Å². The van der Waals surface area contributed by atoms with Gasteiger partial charge < -0.3 is 14.9 Å². The Morgan fingerprint density at radius 1 is 1.50 bits per heavy atom. The van der Waals surface area contributed by atoms with Crippen LogP contribution in [-0.4, -0.2) is 27.9 Å². The SMILES string of the molecule is CCOc1ccc(C(O)C(O)CC#N)cn1. The zero-order chi connectivity index (χ0) is 12.0. The molecule has 5 nitrogen and oxygen atoms in total. The summed E-state index contributed by atoms with van der Waals surface area (Å²) in [6.45, 7) is 2.37. The molecule has 86 valence electrons. The molecular weight excluding hydrogens is 208 g/mol. The molecule has 0 aliphatic heterocycles. The van der Waals surface area contributed by atoms with Gasteiger partial charge in [-0.1, -0.05) is 0 Å². The summed E-state index contributed by atoms with van der Waals surface area (Å²) in [4.78, 5) is 3.96. The van der Waals surface area contributed by atoms with Crippen LogP contribution in [0.1, 0.15) is 25.0 Å². The Balaban J connectivity index is 2.70. The molecular formula is C11H14N2O3. The summed E-state index contributed by atoms with van der Waals surface area (Å²) in [5.41, 5.74) is 0.464. The van der Waals surface area contributed by atoms with Gasteiger partial charge in [-0.05, 0) is 13.0 Å². The number of ether oxygens (including phenoxy) is 1. The monoisotopic (exact) mass is 222 g/mol. The van der Waals surface area contributed by atoms with E-state index in [4.69, 9.17) is 10.00 Å². The van der Waals surface area contributed by atoms with Crippen LogP contribution in [0.4, 0.5) is 0 Å². The largest absolute Gasteiger partial charge is 0.478 e. The molecule has 1 rings (SSSR count). The van der Waals surface area contributed by atoms with Crippen LogP contribution in [0, 0.1) is 11.3 Å². The van der Waals surface area contributed by atoms with E-state index in [9.17, 15) is 10.2 Å². The molecule has 1 aromatic rings. The number of aliphatic hydroxyl groups is 2. The first kappa shape index (κ1) is 12.4. The Labute approximate surface area is 93.9 Å². The first-order valence-corrected chi connectivity index (χ1v) is 5.00. The lowest BCUT2D eigenvalue weighted by Gasteiger charge is -2.15. The van der Waals surface area contributed by atoms with E-state index in [1.807, 2.05) is 6.92 Å². The second kappa shape index (κ2) is 6.05. The van der Waals surface area contributed by atoms with Crippen molar-refractivity contribution >= 4 is 0 Å². The topological polar surface area (TPSA) is 86.4 Å². The molecule has 0 aliphatic carbocycles. The molecule has 0 amide bonds. The Morgan fingerprint density at radius 2 is 2.25 bits per heavy atom. The van der Waals surface area contributed by atoms with Gasteiger partial charge in [0.05, 0.1) is 25.2 Å². The van der Waals surface area contributed by atoms with Gasteiger partial charge in [0.25, 0.3) is 0 Å². The highest BCUT2D eigenvalue weighted by molar-refractivity contribution is 5.20. The van der Waals surface area contributed by atoms with Crippen LogP contribution >= 0.6 is 0 Å². The second-order valence-corrected chi connectivity index (χ2v) is 3.24. The van der Waals surface area contributed by atoms with Crippen LogP contribution in [0.25, 0.3) is 0 Å². The van der Waals surface area contributed by atoms with E-state index in [1.165, 1.54) is 6.20 Å². The summed E-state index contributed by atoms with van der Waals surface area (Å²) in [7, 11) is 0. The summed E-state index contributed by atoms with van der Waals surface area (Å²) in [6.07, 6.45) is -0.877. The maximum atomic E-state index is 9.66. The fourth-order valence-corrected chi connectivity index (χ4v) is 1.23. The lowest BCUT2D eigenvalue weighted by Crippen LogP contribution is -2.17. The molecule has 2 unspecified atom stereocenters. The van der Waals surface area contributed by atoms with E-state index in [0.29, 0.717) is 18.1 Å². The normalized spacial score (nSPS) is 13.9. The van der Waals surface area contributed by atoms with Crippen LogP contribution in [-0.2, 0) is 0 Å². The average molecular weight is 222 g/mol. The average Bonchev–Trinajstić information content (AvgIpc) is 2.30. The third-order valence-electron chi connectivity index (χ3n) is 2.06. The zero-order valence-corrected chi connectivity index (χ0v) is 9.00. The van der Waals surface area contributed by atoms with Crippen molar-refractivity contribution < 1.29 is 14.9 Å². The molecule has 16 heavy (non-hydrogen) atoms. The van der Waals surface area contributed by atoms with E-state index >= 15 is 0 Å². The number of nitrogens with zero attached hydrogens (tertiary/aromatic N) is 2. The van der Waals surface area contributed by atoms with Gasteiger partial charge in [-0.3, -0.25) is 0 Å². The van der Waals surface area contributed by atoms with Gasteiger partial charge in [0.2, 0.25) is 5.88 Å². The van der Waals surface area contributed by atoms with Gasteiger partial charge in [-0.25, -0.2) is 4.98 Å². The van der Waals surface area contributed by atoms with Crippen molar-refractivity contribution in [1.29, 1.82) is 5.26 Å². The quantitative estimate of drug-likeness (QED) is 0.769. The van der Waals surface area contributed by atoms with Crippen LogP contribution in [0.3, 0.4) is 0 Å². The lowest BCUT2D eigenvalue weighted by molar-refractivity contribution is 0.0214. The number of aliphatic hydroxyl groups excluding tert-OH is 2. The molecule has 2 N–H and O–H groups in total. The maximum absolute atomic E-state index is 9.66. The number of hydrogen-bond acceptors (Lipinski definition) is 5. The van der Waals surface area contributed by atoms with Crippen molar-refractivity contribution in [2.75, 3.05) is 6.61 Å². The van der Waals surface area contributed by atoms with E-state index in [1.54, 1.807) is 18.2 Å². The van der Waals surface area contributed by atoms with E-state index < -0.39 is 12.2 Å². The first-order valence-electron chi connectivity index (χ1n) is 5.00. The van der Waals surface area contributed by atoms with Crippen LogP contribution in [0.2, 0.25) is 0 Å². The van der Waals surface area contributed by atoms with Crippen molar-refractivity contribution in [2.24, 2.45) is 0 Å². The van der Waals surface area contributed by atoms with Crippen LogP contribution in [0.5, 0.6) is 5.88 Å². The summed E-state index contributed by atoms with van der Waals surface area (Å²) in [5, 5.41) is 27.5. The van der Waals surface area contributed by atoms with Crippen molar-refractivity contribution in [3.63, 3.8) is 0 Å². The lowest BCUT2D eigenvalue weighted by atomic mass is 10.0. The third-order valence-corrected chi connectivity index (χ3v) is 2.06. The number of nitriles is 1. The number of hydrogen-bond donors (Lipinski definition) is 2. The maximum Gasteiger partial charge on any atom is 0.213 e. The molecule has 0 saturated heterocycles. The van der Waals surface area contributed by atoms with Crippen molar-refractivity contribution in [1.82, 2.24) is 4.98 Å². The molecule has 2 atom stereocenters. The van der Waals surface area contributed by atoms with Gasteiger partial charge in [0.15, 0.2) is 0 Å². The fourth-order valence-electron chi connectivity index (χ4n) is 1.23. The summed E-state index contributed by atoms with van der Waals surface area (Å²) in [6, 6.07) is 5.02. The Bertz CT molecular complexity index is 358. The highest BCUT2D eigenvalue weighted by atomic mass is 16.5. The summed E-state index contributed by atoms with van der Waals surface area (Å²) >= 11 is 0. The Kier molecular flexibility index (Phi) is 4.70. The molecule has 0 fully saturated rings. The molecule has 1 aromatic heterocycles. The molecule has 0 aromatic carbocycles. The summed E-state index contributed by atoms with van der Waals surface area (Å²) in [5.74, 6) is 0.466. The van der Waals surface area contributed by atoms with Crippen molar-refractivity contribution in [3.8, 4) is 11.9 Å². The molecule has 0 spiro atoms. The van der Waals surface area contributed by atoms with Gasteiger partial charge in [-0.2, -0.15) is 5.26 Å². The molecule has 0 aliphatic rings. The number of pyridine rings is 1. The Morgan fingerprint density at radius 3 is 2.75 bits per heavy atom. The first-order chi connectivity index (χ1) is 7.69. The minimum Gasteiger partial charge on any atom is -0.478 e. The number of rotatable bonds is 5. The van der Waals surface area contributed by atoms with E-state index in [0.717, 1.165) is 0 Å². The summed E-state index contributed by atoms with van der Waals surface area (Å²) < 4.78 is 5.14. The molecule has 0 radical (unpaired) electrons. The molecule has 5 heteroatoms. The highest BCUT2D eigenvalue weighted by Gasteiger charge is 2.18. The molecule has 1 heterocycles.